The molecule has 14 heavy (non-hydrogen) atoms. The molecular formula is C8H12N2NaO3. The van der Waals surface area contributed by atoms with Crippen LogP contribution in [-0.4, -0.2) is 47.5 Å². The third-order valence-corrected chi connectivity index (χ3v) is 0.756. The Hall–Kier alpha value is -1.04. The molecule has 0 spiro atoms. The Morgan fingerprint density at radius 2 is 1.43 bits per heavy atom. The van der Waals surface area contributed by atoms with E-state index in [9.17, 15) is 0 Å². The molecule has 0 bridgehead atoms. The number of nitrogens with two attached hydrogens (primary N) is 2. The summed E-state index contributed by atoms with van der Waals surface area (Å²) in [4.78, 5) is 17.0. The van der Waals surface area contributed by atoms with Crippen LogP contribution in [-0.2, 0) is 4.79 Å². The van der Waals surface area contributed by atoms with Gasteiger partial charge in [-0.25, -0.2) is 4.79 Å². The number of aromatic hydroxyl groups is 1. The largest absolute Gasteiger partial charge is 0.508 e. The van der Waals surface area contributed by atoms with E-state index >= 15 is 0 Å². The zero-order valence-electron chi connectivity index (χ0n) is 8.01. The molecule has 2 amide bonds. The predicted octanol–water partition coefficient (Wildman–Crippen LogP) is -0.150. The van der Waals surface area contributed by atoms with E-state index in [0.29, 0.717) is 5.75 Å². The average Bonchev–Trinajstić information content (AvgIpc) is 2.08. The Morgan fingerprint density at radius 1 is 1.14 bits per heavy atom. The summed E-state index contributed by atoms with van der Waals surface area (Å²) >= 11 is 0. The number of primary amides is 2. The van der Waals surface area contributed by atoms with Crippen LogP contribution < -0.4 is 11.5 Å². The van der Waals surface area contributed by atoms with E-state index in [1.807, 2.05) is 12.9 Å². The quantitative estimate of drug-likeness (QED) is 0.515. The molecule has 5 nitrogen and oxygen atoms in total. The number of amides is 2. The number of benzene rings is 1. The summed E-state index contributed by atoms with van der Waals surface area (Å²) in [5.41, 5.74) is 8.50. The van der Waals surface area contributed by atoms with E-state index in [1.54, 1.807) is 24.3 Å². The van der Waals surface area contributed by atoms with Gasteiger partial charge in [-0.2, -0.15) is 0 Å². The number of hydrogen-bond acceptors (Lipinski definition) is 3. The molecule has 0 heterocycles. The van der Waals surface area contributed by atoms with Gasteiger partial charge in [-0.05, 0) is 12.1 Å². The number of phenols is 1. The number of para-hydroxylation sites is 1. The van der Waals surface area contributed by atoms with Crippen molar-refractivity contribution < 1.29 is 14.7 Å². The van der Waals surface area contributed by atoms with Crippen molar-refractivity contribution in [3.8, 4) is 5.75 Å². The first-order valence-corrected chi connectivity index (χ1v) is 3.20. The molecule has 1 aromatic carbocycles. The normalized spacial score (nSPS) is 6.29. The van der Waals surface area contributed by atoms with Crippen molar-refractivity contribution in [3.05, 3.63) is 30.3 Å². The molecule has 0 aliphatic rings. The second kappa shape index (κ2) is 14.5. The summed E-state index contributed by atoms with van der Waals surface area (Å²) in [7, 11) is 0. The summed E-state index contributed by atoms with van der Waals surface area (Å²) in [6.45, 7) is 2.00. The minimum Gasteiger partial charge on any atom is -0.508 e. The Kier molecular flexibility index (Phi) is 19.3. The second-order valence-corrected chi connectivity index (χ2v) is 1.74. The first kappa shape index (κ1) is 18.7. The van der Waals surface area contributed by atoms with Gasteiger partial charge in [0.25, 0.3) is 0 Å². The summed E-state index contributed by atoms with van der Waals surface area (Å²) in [5.74, 6) is 0.322. The molecule has 1 rings (SSSR count). The molecular weight excluding hydrogens is 195 g/mol. The average molecular weight is 207 g/mol. The van der Waals surface area contributed by atoms with Gasteiger partial charge < -0.3 is 21.4 Å². The zero-order valence-corrected chi connectivity index (χ0v) is 10.0. The van der Waals surface area contributed by atoms with Gasteiger partial charge in [0.2, 0.25) is 0 Å². The number of urea groups is 1. The fraction of sp³-hybridized carbons (Fsp3) is 0. The molecule has 0 unspecified atom stereocenters. The van der Waals surface area contributed by atoms with Gasteiger partial charge >= 0.3 is 6.03 Å². The number of carbonyl (C=O) groups is 2. The van der Waals surface area contributed by atoms with Crippen molar-refractivity contribution in [2.24, 2.45) is 11.5 Å². The van der Waals surface area contributed by atoms with Crippen LogP contribution in [0.3, 0.4) is 0 Å². The Labute approximate surface area is 104 Å². The van der Waals surface area contributed by atoms with E-state index < -0.39 is 6.03 Å². The van der Waals surface area contributed by atoms with Crippen LogP contribution in [0, 0.1) is 0 Å². The van der Waals surface area contributed by atoms with Crippen LogP contribution in [0.5, 0.6) is 5.75 Å². The summed E-state index contributed by atoms with van der Waals surface area (Å²) in [5, 5.41) is 8.63. The van der Waals surface area contributed by atoms with Crippen LogP contribution in [0.15, 0.2) is 30.3 Å². The van der Waals surface area contributed by atoms with Gasteiger partial charge in [-0.1, -0.05) is 18.2 Å². The summed E-state index contributed by atoms with van der Waals surface area (Å²) in [6.07, 6.45) is 0. The van der Waals surface area contributed by atoms with Crippen LogP contribution in [0.4, 0.5) is 4.79 Å². The topological polar surface area (TPSA) is 106 Å². The first-order chi connectivity index (χ1) is 6.13. The number of phenolic OH excluding ortho intramolecular Hbond substituents is 1. The van der Waals surface area contributed by atoms with Crippen LogP contribution in [0.1, 0.15) is 0 Å². The molecule has 6 heteroatoms. The van der Waals surface area contributed by atoms with Gasteiger partial charge in [0, 0.05) is 29.6 Å². The van der Waals surface area contributed by atoms with E-state index in [2.05, 4.69) is 11.5 Å². The first-order valence-electron chi connectivity index (χ1n) is 3.20. The monoisotopic (exact) mass is 207 g/mol. The Balaban J connectivity index is -0.000000152. The van der Waals surface area contributed by atoms with Gasteiger partial charge in [-0.15, -0.1) is 0 Å². The third kappa shape index (κ3) is 22.4. The standard InChI is InChI=1S/C6H6O.CH4N2O.CH2O.Na/c7-6-4-2-1-3-5-6;2-1(3)4;1-2;/h1-5,7H;(H4,2,3,4);1H2;. The van der Waals surface area contributed by atoms with Gasteiger partial charge in [-0.3, -0.25) is 0 Å². The molecule has 0 aliphatic heterocycles. The maximum Gasteiger partial charge on any atom is 0.309 e. The number of hydrogen-bond donors (Lipinski definition) is 3. The van der Waals surface area contributed by atoms with Gasteiger partial charge in [0.15, 0.2) is 0 Å². The molecule has 0 aliphatic carbocycles. The smallest absolute Gasteiger partial charge is 0.309 e. The Bertz CT molecular complexity index is 227. The maximum absolute atomic E-state index is 9.00. The number of rotatable bonds is 0. The van der Waals surface area contributed by atoms with Crippen molar-refractivity contribution >= 4 is 42.4 Å². The number of carbonyl (C=O) groups excluding carboxylic acids is 2. The molecule has 0 aromatic heterocycles. The molecule has 0 fully saturated rings. The summed E-state index contributed by atoms with van der Waals surface area (Å²) in [6, 6.07) is 7.88. The van der Waals surface area contributed by atoms with Crippen molar-refractivity contribution in [1.29, 1.82) is 0 Å². The fourth-order valence-corrected chi connectivity index (χ4v) is 0.428. The van der Waals surface area contributed by atoms with Crippen LogP contribution in [0.2, 0.25) is 0 Å². The summed E-state index contributed by atoms with van der Waals surface area (Å²) < 4.78 is 0. The minimum absolute atomic E-state index is 0. The van der Waals surface area contributed by atoms with E-state index in [1.165, 1.54) is 0 Å². The minimum atomic E-state index is -0.833. The second-order valence-electron chi connectivity index (χ2n) is 1.74. The Morgan fingerprint density at radius 3 is 1.57 bits per heavy atom. The fourth-order valence-electron chi connectivity index (χ4n) is 0.428. The van der Waals surface area contributed by atoms with E-state index in [4.69, 9.17) is 14.7 Å². The molecule has 73 valence electrons. The SMILES string of the molecule is C=O.NC(N)=O.Oc1ccccc1.[Na]. The zero-order chi connectivity index (χ0) is 10.7. The van der Waals surface area contributed by atoms with Crippen molar-refractivity contribution in [1.82, 2.24) is 0 Å². The molecule has 0 saturated heterocycles. The van der Waals surface area contributed by atoms with Gasteiger partial charge in [0.1, 0.15) is 12.5 Å². The maximum atomic E-state index is 9.00. The molecule has 1 radical (unpaired) electrons. The van der Waals surface area contributed by atoms with Gasteiger partial charge in [0.05, 0.1) is 0 Å². The molecule has 0 saturated carbocycles. The predicted molar refractivity (Wildman–Crippen MR) is 54.8 cm³/mol. The van der Waals surface area contributed by atoms with E-state index in [-0.39, 0.29) is 29.6 Å². The van der Waals surface area contributed by atoms with Crippen molar-refractivity contribution in [2.75, 3.05) is 0 Å². The van der Waals surface area contributed by atoms with Crippen molar-refractivity contribution in [3.63, 3.8) is 0 Å². The van der Waals surface area contributed by atoms with Crippen molar-refractivity contribution in [2.45, 2.75) is 0 Å². The van der Waals surface area contributed by atoms with E-state index in [0.717, 1.165) is 0 Å². The molecule has 1 aromatic rings. The van der Waals surface area contributed by atoms with Crippen LogP contribution in [0.25, 0.3) is 0 Å². The molecule has 5 N–H and O–H groups in total. The van der Waals surface area contributed by atoms with Crippen LogP contribution >= 0.6 is 0 Å². The molecule has 0 atom stereocenters. The third-order valence-electron chi connectivity index (χ3n) is 0.756.